The van der Waals surface area contributed by atoms with Crippen molar-refractivity contribution in [2.75, 3.05) is 11.5 Å². The maximum atomic E-state index is 10.2. The molecule has 0 bridgehead atoms. The molecule has 0 aliphatic heterocycles. The Kier molecular flexibility index (Phi) is 3.95. The number of nitrogens with two attached hydrogens (primary N) is 1. The number of H-pyrrole nitrogens is 1. The first-order valence-electron chi connectivity index (χ1n) is 6.16. The number of hydrogen-bond donors (Lipinski definition) is 3. The van der Waals surface area contributed by atoms with E-state index in [1.165, 1.54) is 23.1 Å². The van der Waals surface area contributed by atoms with Gasteiger partial charge >= 0.3 is 0 Å². The van der Waals surface area contributed by atoms with Crippen LogP contribution in [-0.2, 0) is 0 Å². The molecule has 9 heteroatoms. The fourth-order valence-electron chi connectivity index (χ4n) is 1.74. The first kappa shape index (κ1) is 14.4. The van der Waals surface area contributed by atoms with Crippen molar-refractivity contribution in [1.82, 2.24) is 20.2 Å². The van der Waals surface area contributed by atoms with Crippen LogP contribution < -0.4 is 5.73 Å². The van der Waals surface area contributed by atoms with Crippen molar-refractivity contribution in [3.63, 3.8) is 0 Å². The summed E-state index contributed by atoms with van der Waals surface area (Å²) in [6.07, 6.45) is 0. The zero-order chi connectivity index (χ0) is 15.5. The second kappa shape index (κ2) is 6.05. The van der Waals surface area contributed by atoms with Crippen LogP contribution in [0.4, 0.5) is 5.95 Å². The molecule has 0 aliphatic rings. The summed E-state index contributed by atoms with van der Waals surface area (Å²) in [5.74, 6) is 0.309. The number of anilines is 1. The van der Waals surface area contributed by atoms with Crippen LogP contribution >= 0.6 is 23.1 Å². The zero-order valence-electron chi connectivity index (χ0n) is 11.1. The zero-order valence-corrected chi connectivity index (χ0v) is 12.8. The van der Waals surface area contributed by atoms with Crippen LogP contribution in [0.25, 0.3) is 15.8 Å². The predicted octanol–water partition coefficient (Wildman–Crippen LogP) is 2.58. The number of aromatic amines is 1. The minimum absolute atomic E-state index is 0.0603. The van der Waals surface area contributed by atoms with Gasteiger partial charge in [0.05, 0.1) is 16.0 Å². The number of benzene rings is 1. The van der Waals surface area contributed by atoms with Crippen LogP contribution in [0, 0.1) is 11.3 Å². The monoisotopic (exact) mass is 330 g/mol. The Labute approximate surface area is 133 Å². The first-order chi connectivity index (χ1) is 10.7. The molecule has 0 unspecified atom stereocenters. The molecule has 2 heterocycles. The summed E-state index contributed by atoms with van der Waals surface area (Å²) in [6, 6.07) is 9.59. The number of para-hydroxylation sites is 1. The van der Waals surface area contributed by atoms with Crippen molar-refractivity contribution in [2.45, 2.75) is 5.16 Å². The molecular formula is C13H10N6OS2. The smallest absolute Gasteiger partial charge is 0.216 e. The third-order valence-electron chi connectivity index (χ3n) is 2.73. The highest BCUT2D eigenvalue weighted by Crippen LogP contribution is 2.29. The van der Waals surface area contributed by atoms with E-state index in [1.807, 2.05) is 30.3 Å². The number of aromatic nitrogens is 4. The Morgan fingerprint density at radius 2 is 2.23 bits per heavy atom. The van der Waals surface area contributed by atoms with E-state index in [4.69, 9.17) is 5.73 Å². The summed E-state index contributed by atoms with van der Waals surface area (Å²) in [5.41, 5.74) is 6.39. The Bertz CT molecular complexity index is 858. The molecular weight excluding hydrogens is 320 g/mol. The molecule has 7 nitrogen and oxygen atoms in total. The van der Waals surface area contributed by atoms with Gasteiger partial charge in [-0.2, -0.15) is 10.2 Å². The molecule has 110 valence electrons. The average Bonchev–Trinajstić information content (AvgIpc) is 3.11. The maximum absolute atomic E-state index is 10.2. The van der Waals surface area contributed by atoms with Crippen molar-refractivity contribution in [1.29, 1.82) is 5.26 Å². The lowest BCUT2D eigenvalue weighted by atomic mass is 10.2. The molecule has 3 rings (SSSR count). The fourth-order valence-corrected chi connectivity index (χ4v) is 3.41. The largest absolute Gasteiger partial charge is 0.510 e. The number of aliphatic hydroxyl groups is 1. The molecule has 0 amide bonds. The lowest BCUT2D eigenvalue weighted by molar-refractivity contribution is 0.420. The summed E-state index contributed by atoms with van der Waals surface area (Å²) in [5, 5.41) is 26.7. The van der Waals surface area contributed by atoms with Crippen molar-refractivity contribution < 1.29 is 5.11 Å². The standard InChI is InChI=1S/C13H10N6OS2/c14-5-7(9(20)6-21-13-17-12(15)18-19-13)11-16-8-3-1-2-4-10(8)22-11/h1-4,20H,6H2,(H3,15,17,18,19)/b9-7-. The van der Waals surface area contributed by atoms with Gasteiger partial charge in [0.2, 0.25) is 11.1 Å². The number of nitrogens with zero attached hydrogens (tertiary/aromatic N) is 4. The molecule has 2 aromatic heterocycles. The topological polar surface area (TPSA) is 124 Å². The van der Waals surface area contributed by atoms with Crippen molar-refractivity contribution in [2.24, 2.45) is 0 Å². The normalized spacial score (nSPS) is 12.1. The fraction of sp³-hybridized carbons (Fsp3) is 0.0769. The Hall–Kier alpha value is -2.57. The molecule has 4 N–H and O–H groups in total. The Morgan fingerprint density at radius 1 is 1.41 bits per heavy atom. The van der Waals surface area contributed by atoms with Crippen LogP contribution in [-0.4, -0.2) is 31.0 Å². The van der Waals surface area contributed by atoms with Gasteiger partial charge in [-0.3, -0.25) is 0 Å². The third-order valence-corrected chi connectivity index (χ3v) is 4.64. The number of nitrogen functional groups attached to an aromatic ring is 1. The summed E-state index contributed by atoms with van der Waals surface area (Å²) < 4.78 is 0.965. The number of fused-ring (bicyclic) bond motifs is 1. The second-order valence-corrected chi connectivity index (χ2v) is 6.19. The molecule has 3 aromatic rings. The van der Waals surface area contributed by atoms with E-state index in [9.17, 15) is 10.4 Å². The van der Waals surface area contributed by atoms with Crippen LogP contribution in [0.3, 0.4) is 0 Å². The van der Waals surface area contributed by atoms with E-state index in [0.717, 1.165) is 10.2 Å². The number of nitrogens with one attached hydrogen (secondary N) is 1. The minimum Gasteiger partial charge on any atom is -0.510 e. The number of thioether (sulfide) groups is 1. The maximum Gasteiger partial charge on any atom is 0.216 e. The van der Waals surface area contributed by atoms with E-state index < -0.39 is 0 Å². The van der Waals surface area contributed by atoms with Gasteiger partial charge in [-0.1, -0.05) is 23.9 Å². The number of thiazole rings is 1. The lowest BCUT2D eigenvalue weighted by Gasteiger charge is -1.99. The number of aliphatic hydroxyl groups excluding tert-OH is 1. The van der Waals surface area contributed by atoms with Gasteiger partial charge in [0.15, 0.2) is 0 Å². The number of hydrogen-bond acceptors (Lipinski definition) is 8. The third kappa shape index (κ3) is 2.88. The molecule has 0 saturated heterocycles. The van der Waals surface area contributed by atoms with Crippen LogP contribution in [0.1, 0.15) is 5.01 Å². The molecule has 22 heavy (non-hydrogen) atoms. The van der Waals surface area contributed by atoms with Gasteiger partial charge in [-0.15, -0.1) is 16.4 Å². The van der Waals surface area contributed by atoms with Gasteiger partial charge in [-0.25, -0.2) is 10.1 Å². The molecule has 0 spiro atoms. The van der Waals surface area contributed by atoms with Crippen LogP contribution in [0.15, 0.2) is 35.2 Å². The Morgan fingerprint density at radius 3 is 2.91 bits per heavy atom. The van der Waals surface area contributed by atoms with E-state index >= 15 is 0 Å². The Balaban J connectivity index is 1.86. The quantitative estimate of drug-likeness (QED) is 0.381. The second-order valence-electron chi connectivity index (χ2n) is 4.21. The average molecular weight is 330 g/mol. The van der Waals surface area contributed by atoms with Crippen molar-refractivity contribution in [3.8, 4) is 6.07 Å². The van der Waals surface area contributed by atoms with E-state index in [0.29, 0.717) is 10.2 Å². The van der Waals surface area contributed by atoms with Gasteiger partial charge < -0.3 is 10.8 Å². The minimum atomic E-state index is -0.0603. The van der Waals surface area contributed by atoms with Gasteiger partial charge in [0.1, 0.15) is 22.4 Å². The summed E-state index contributed by atoms with van der Waals surface area (Å²) in [4.78, 5) is 8.30. The number of rotatable bonds is 4. The van der Waals surface area contributed by atoms with Crippen LogP contribution in [0.2, 0.25) is 0 Å². The summed E-state index contributed by atoms with van der Waals surface area (Å²) >= 11 is 2.54. The molecule has 0 atom stereocenters. The highest BCUT2D eigenvalue weighted by atomic mass is 32.2. The lowest BCUT2D eigenvalue weighted by Crippen LogP contribution is -1.93. The predicted molar refractivity (Wildman–Crippen MR) is 86.3 cm³/mol. The first-order valence-corrected chi connectivity index (χ1v) is 7.96. The van der Waals surface area contributed by atoms with Gasteiger partial charge in [-0.05, 0) is 12.1 Å². The summed E-state index contributed by atoms with van der Waals surface area (Å²) in [6.45, 7) is 0. The van der Waals surface area contributed by atoms with Crippen molar-refractivity contribution >= 4 is 44.8 Å². The van der Waals surface area contributed by atoms with E-state index in [-0.39, 0.29) is 23.0 Å². The highest BCUT2D eigenvalue weighted by molar-refractivity contribution is 7.99. The molecule has 1 aromatic carbocycles. The van der Waals surface area contributed by atoms with E-state index in [2.05, 4.69) is 20.2 Å². The van der Waals surface area contributed by atoms with E-state index in [1.54, 1.807) is 0 Å². The summed E-state index contributed by atoms with van der Waals surface area (Å²) in [7, 11) is 0. The molecule has 0 saturated carbocycles. The highest BCUT2D eigenvalue weighted by Gasteiger charge is 2.14. The number of allylic oxidation sites excluding steroid dienone is 1. The van der Waals surface area contributed by atoms with Gasteiger partial charge in [0.25, 0.3) is 0 Å². The van der Waals surface area contributed by atoms with Crippen molar-refractivity contribution in [3.05, 3.63) is 35.0 Å². The number of nitriles is 1. The van der Waals surface area contributed by atoms with Crippen LogP contribution in [0.5, 0.6) is 0 Å². The molecule has 0 aliphatic carbocycles. The molecule has 0 radical (unpaired) electrons. The SMILES string of the molecule is N#C/C(=C(/O)CSc1n[nH]c(N)n1)c1nc2ccccc2s1. The van der Waals surface area contributed by atoms with Gasteiger partial charge in [0, 0.05) is 0 Å². The molecule has 0 fully saturated rings.